The number of carboxylic acids is 1. The maximum atomic E-state index is 11.9. The summed E-state index contributed by atoms with van der Waals surface area (Å²) >= 11 is 0. The molecule has 2 N–H and O–H groups in total. The number of benzene rings is 1. The summed E-state index contributed by atoms with van der Waals surface area (Å²) in [5.41, 5.74) is 1.95. The first-order valence-corrected chi connectivity index (χ1v) is 6.46. The molecule has 1 heterocycles. The summed E-state index contributed by atoms with van der Waals surface area (Å²) in [7, 11) is 0. The first kappa shape index (κ1) is 14.6. The van der Waals surface area contributed by atoms with Gasteiger partial charge in [-0.2, -0.15) is 0 Å². The van der Waals surface area contributed by atoms with Gasteiger partial charge in [0.2, 0.25) is 5.91 Å². The molecule has 0 fully saturated rings. The lowest BCUT2D eigenvalue weighted by atomic mass is 10.1. The molecule has 108 valence electrons. The summed E-state index contributed by atoms with van der Waals surface area (Å²) in [5, 5.41) is 11.4. The molecular formula is C15H15N3O3. The van der Waals surface area contributed by atoms with Gasteiger partial charge in [-0.25, -0.2) is 14.8 Å². The summed E-state index contributed by atoms with van der Waals surface area (Å²) in [6, 6.07) is 7.90. The molecule has 1 aromatic carbocycles. The van der Waals surface area contributed by atoms with Gasteiger partial charge in [0.05, 0.1) is 0 Å². The van der Waals surface area contributed by atoms with E-state index >= 15 is 0 Å². The van der Waals surface area contributed by atoms with Gasteiger partial charge in [-0.1, -0.05) is 29.8 Å². The minimum absolute atomic E-state index is 0.0288. The third-order valence-corrected chi connectivity index (χ3v) is 2.92. The zero-order chi connectivity index (χ0) is 15.2. The molecule has 1 amide bonds. The van der Waals surface area contributed by atoms with E-state index in [0.29, 0.717) is 6.42 Å². The summed E-state index contributed by atoms with van der Waals surface area (Å²) in [6.45, 7) is 2.00. The van der Waals surface area contributed by atoms with Crippen LogP contribution >= 0.6 is 0 Å². The molecule has 0 aliphatic rings. The van der Waals surface area contributed by atoms with Crippen molar-refractivity contribution in [3.8, 4) is 0 Å². The summed E-state index contributed by atoms with van der Waals surface area (Å²) in [6.07, 6.45) is 3.43. The Balaban J connectivity index is 1.96. The molecule has 0 bridgehead atoms. The Morgan fingerprint density at radius 1 is 1.14 bits per heavy atom. The smallest absolute Gasteiger partial charge is 0.358 e. The van der Waals surface area contributed by atoms with Crippen LogP contribution < -0.4 is 5.32 Å². The molecule has 2 aromatic rings. The number of aromatic carboxylic acids is 1. The third kappa shape index (κ3) is 4.10. The SMILES string of the molecule is Cc1ccc(CCC(=O)Nc2nccnc2C(=O)O)cc1. The Morgan fingerprint density at radius 3 is 2.48 bits per heavy atom. The van der Waals surface area contributed by atoms with Crippen molar-refractivity contribution in [3.05, 3.63) is 53.5 Å². The fourth-order valence-corrected chi connectivity index (χ4v) is 1.79. The van der Waals surface area contributed by atoms with E-state index in [-0.39, 0.29) is 23.8 Å². The minimum atomic E-state index is -1.23. The zero-order valence-electron chi connectivity index (χ0n) is 11.5. The van der Waals surface area contributed by atoms with Crippen molar-refractivity contribution < 1.29 is 14.7 Å². The van der Waals surface area contributed by atoms with Crippen molar-refractivity contribution in [2.24, 2.45) is 0 Å². The highest BCUT2D eigenvalue weighted by atomic mass is 16.4. The quantitative estimate of drug-likeness (QED) is 0.877. The molecule has 21 heavy (non-hydrogen) atoms. The number of hydrogen-bond donors (Lipinski definition) is 2. The van der Waals surface area contributed by atoms with E-state index in [2.05, 4.69) is 15.3 Å². The van der Waals surface area contributed by atoms with E-state index in [4.69, 9.17) is 5.11 Å². The number of nitrogens with one attached hydrogen (secondary N) is 1. The number of nitrogens with zero attached hydrogens (tertiary/aromatic N) is 2. The minimum Gasteiger partial charge on any atom is -0.476 e. The number of rotatable bonds is 5. The van der Waals surface area contributed by atoms with E-state index in [1.165, 1.54) is 12.4 Å². The Morgan fingerprint density at radius 2 is 1.81 bits per heavy atom. The fourth-order valence-electron chi connectivity index (χ4n) is 1.79. The van der Waals surface area contributed by atoms with E-state index in [0.717, 1.165) is 11.1 Å². The summed E-state index contributed by atoms with van der Waals surface area (Å²) < 4.78 is 0. The maximum absolute atomic E-state index is 11.9. The Hall–Kier alpha value is -2.76. The zero-order valence-corrected chi connectivity index (χ0v) is 11.5. The number of hydrogen-bond acceptors (Lipinski definition) is 4. The van der Waals surface area contributed by atoms with Crippen LogP contribution in [0, 0.1) is 6.92 Å². The monoisotopic (exact) mass is 285 g/mol. The normalized spacial score (nSPS) is 10.1. The molecule has 0 unspecified atom stereocenters. The molecule has 0 saturated heterocycles. The number of carboxylic acid groups (broad SMARTS) is 1. The van der Waals surface area contributed by atoms with Crippen LogP contribution in [0.1, 0.15) is 28.0 Å². The van der Waals surface area contributed by atoms with Crippen molar-refractivity contribution in [2.45, 2.75) is 19.8 Å². The topological polar surface area (TPSA) is 92.2 Å². The van der Waals surface area contributed by atoms with Crippen molar-refractivity contribution in [3.63, 3.8) is 0 Å². The number of amides is 1. The standard InChI is InChI=1S/C15H15N3O3/c1-10-2-4-11(5-3-10)6-7-12(19)18-14-13(15(20)21)16-8-9-17-14/h2-5,8-9H,6-7H2,1H3,(H,20,21)(H,17,18,19). The number of aromatic nitrogens is 2. The molecule has 0 aliphatic heterocycles. The summed E-state index contributed by atoms with van der Waals surface area (Å²) in [5.74, 6) is -1.55. The molecule has 0 radical (unpaired) electrons. The Labute approximate surface area is 121 Å². The van der Waals surface area contributed by atoms with E-state index < -0.39 is 5.97 Å². The maximum Gasteiger partial charge on any atom is 0.358 e. The molecule has 6 heteroatoms. The van der Waals surface area contributed by atoms with Gasteiger partial charge in [-0.3, -0.25) is 4.79 Å². The van der Waals surface area contributed by atoms with E-state index in [9.17, 15) is 9.59 Å². The molecule has 0 saturated carbocycles. The molecule has 0 atom stereocenters. The van der Waals surface area contributed by atoms with Crippen molar-refractivity contribution >= 4 is 17.7 Å². The number of carbonyl (C=O) groups is 2. The second-order valence-electron chi connectivity index (χ2n) is 4.59. The fraction of sp³-hybridized carbons (Fsp3) is 0.200. The molecule has 1 aromatic heterocycles. The average Bonchev–Trinajstić information content (AvgIpc) is 2.47. The van der Waals surface area contributed by atoms with Crippen LogP contribution in [0.4, 0.5) is 5.82 Å². The Kier molecular flexibility index (Phi) is 4.61. The highest BCUT2D eigenvalue weighted by molar-refractivity contribution is 5.97. The van der Waals surface area contributed by atoms with Gasteiger partial charge < -0.3 is 10.4 Å². The van der Waals surface area contributed by atoms with Gasteiger partial charge in [-0.05, 0) is 18.9 Å². The number of aryl methyl sites for hydroxylation is 2. The van der Waals surface area contributed by atoms with Crippen molar-refractivity contribution in [1.82, 2.24) is 9.97 Å². The van der Waals surface area contributed by atoms with Gasteiger partial charge in [0, 0.05) is 18.8 Å². The van der Waals surface area contributed by atoms with Gasteiger partial charge in [0.1, 0.15) is 0 Å². The lowest BCUT2D eigenvalue weighted by Gasteiger charge is -2.06. The number of carbonyl (C=O) groups excluding carboxylic acids is 1. The van der Waals surface area contributed by atoms with Crippen LogP contribution in [0.5, 0.6) is 0 Å². The third-order valence-electron chi connectivity index (χ3n) is 2.92. The van der Waals surface area contributed by atoms with Crippen LogP contribution in [0.15, 0.2) is 36.7 Å². The second kappa shape index (κ2) is 6.60. The first-order chi connectivity index (χ1) is 10.1. The lowest BCUT2D eigenvalue weighted by molar-refractivity contribution is -0.116. The predicted octanol–water partition coefficient (Wildman–Crippen LogP) is 2.05. The molecule has 0 aliphatic carbocycles. The second-order valence-corrected chi connectivity index (χ2v) is 4.59. The molecular weight excluding hydrogens is 270 g/mol. The molecule has 2 rings (SSSR count). The lowest BCUT2D eigenvalue weighted by Crippen LogP contribution is -2.17. The largest absolute Gasteiger partial charge is 0.476 e. The van der Waals surface area contributed by atoms with Crippen molar-refractivity contribution in [2.75, 3.05) is 5.32 Å². The van der Waals surface area contributed by atoms with E-state index in [1.54, 1.807) is 0 Å². The van der Waals surface area contributed by atoms with Crippen LogP contribution in [0.25, 0.3) is 0 Å². The Bertz CT molecular complexity index is 653. The van der Waals surface area contributed by atoms with Crippen LogP contribution in [0.2, 0.25) is 0 Å². The van der Waals surface area contributed by atoms with Crippen LogP contribution in [0.3, 0.4) is 0 Å². The first-order valence-electron chi connectivity index (χ1n) is 6.46. The van der Waals surface area contributed by atoms with Gasteiger partial charge in [0.25, 0.3) is 0 Å². The summed E-state index contributed by atoms with van der Waals surface area (Å²) in [4.78, 5) is 30.3. The van der Waals surface area contributed by atoms with Gasteiger partial charge in [-0.15, -0.1) is 0 Å². The van der Waals surface area contributed by atoms with E-state index in [1.807, 2.05) is 31.2 Å². The van der Waals surface area contributed by atoms with Crippen LogP contribution in [-0.2, 0) is 11.2 Å². The van der Waals surface area contributed by atoms with Gasteiger partial charge in [0.15, 0.2) is 11.5 Å². The molecule has 0 spiro atoms. The van der Waals surface area contributed by atoms with Crippen LogP contribution in [-0.4, -0.2) is 27.0 Å². The molecule has 6 nitrogen and oxygen atoms in total. The highest BCUT2D eigenvalue weighted by Crippen LogP contribution is 2.10. The highest BCUT2D eigenvalue weighted by Gasteiger charge is 2.14. The van der Waals surface area contributed by atoms with Gasteiger partial charge >= 0.3 is 5.97 Å². The van der Waals surface area contributed by atoms with Crippen molar-refractivity contribution in [1.29, 1.82) is 0 Å². The predicted molar refractivity (Wildman–Crippen MR) is 77.1 cm³/mol. The number of anilines is 1. The average molecular weight is 285 g/mol.